The molecule has 1 rings (SSSR count). The van der Waals surface area contributed by atoms with Crippen LogP contribution in [0.5, 0.6) is 0 Å². The number of rotatable bonds is 8. The monoisotopic (exact) mass is 266 g/mol. The van der Waals surface area contributed by atoms with E-state index in [9.17, 15) is 0 Å². The molecule has 0 aliphatic heterocycles. The van der Waals surface area contributed by atoms with Gasteiger partial charge in [0.25, 0.3) is 0 Å². The van der Waals surface area contributed by atoms with Crippen LogP contribution < -0.4 is 0 Å². The van der Waals surface area contributed by atoms with E-state index in [2.05, 4.69) is 26.0 Å². The van der Waals surface area contributed by atoms with Gasteiger partial charge in [-0.3, -0.25) is 0 Å². The Morgan fingerprint density at radius 2 is 1.58 bits per heavy atom. The van der Waals surface area contributed by atoms with Gasteiger partial charge in [-0.15, -0.1) is 0 Å². The van der Waals surface area contributed by atoms with E-state index in [0.717, 1.165) is 6.42 Å². The average Bonchev–Trinajstić information content (AvgIpc) is 2.37. The highest BCUT2D eigenvalue weighted by Crippen LogP contribution is 2.19. The number of aliphatic hydroxyl groups is 1. The molecule has 1 aromatic rings. The number of hydrogen-bond acceptors (Lipinski definition) is 3. The summed E-state index contributed by atoms with van der Waals surface area (Å²) in [5.74, 6) is 0. The summed E-state index contributed by atoms with van der Waals surface area (Å²) in [6.07, 6.45) is 0.795. The minimum Gasteiger partial charge on any atom is -0.393 e. The fourth-order valence-corrected chi connectivity index (χ4v) is 1.54. The van der Waals surface area contributed by atoms with Crippen LogP contribution in [0.3, 0.4) is 0 Å². The molecule has 0 spiro atoms. The smallest absolute Gasteiger partial charge is 0.0856 e. The molecule has 1 N–H and O–H groups in total. The number of hydrogen-bond donors (Lipinski definition) is 1. The largest absolute Gasteiger partial charge is 0.393 e. The van der Waals surface area contributed by atoms with E-state index in [-0.39, 0.29) is 12.2 Å². The maximum absolute atomic E-state index is 9.12. The lowest BCUT2D eigenvalue weighted by Crippen LogP contribution is -2.33. The zero-order valence-corrected chi connectivity index (χ0v) is 12.5. The third-order valence-corrected chi connectivity index (χ3v) is 3.05. The molecule has 0 aromatic heterocycles. The lowest BCUT2D eigenvalue weighted by molar-refractivity contribution is -0.0917. The Morgan fingerprint density at radius 1 is 0.947 bits per heavy atom. The minimum absolute atomic E-state index is 0.0261. The van der Waals surface area contributed by atoms with Gasteiger partial charge in [-0.2, -0.15) is 0 Å². The minimum atomic E-state index is -0.477. The van der Waals surface area contributed by atoms with Gasteiger partial charge >= 0.3 is 0 Å². The molecule has 1 aromatic carbocycles. The van der Waals surface area contributed by atoms with Crippen molar-refractivity contribution in [2.75, 3.05) is 13.2 Å². The van der Waals surface area contributed by atoms with Gasteiger partial charge in [0, 0.05) is 0 Å². The predicted octanol–water partition coefficient (Wildman–Crippen LogP) is 3.16. The van der Waals surface area contributed by atoms with E-state index in [4.69, 9.17) is 14.6 Å². The Hall–Kier alpha value is -0.900. The Balaban J connectivity index is 2.32. The Kier molecular flexibility index (Phi) is 5.98. The van der Waals surface area contributed by atoms with Crippen LogP contribution in [0.25, 0.3) is 0 Å². The van der Waals surface area contributed by atoms with Crippen molar-refractivity contribution in [3.05, 3.63) is 35.9 Å². The van der Waals surface area contributed by atoms with E-state index in [1.165, 1.54) is 5.56 Å². The molecule has 0 saturated heterocycles. The molecule has 0 heterocycles. The summed E-state index contributed by atoms with van der Waals surface area (Å²) in [6, 6.07) is 10.1. The van der Waals surface area contributed by atoms with Gasteiger partial charge in [-0.25, -0.2) is 0 Å². The Bertz CT molecular complexity index is 358. The Labute approximate surface area is 116 Å². The van der Waals surface area contributed by atoms with E-state index in [0.29, 0.717) is 13.2 Å². The van der Waals surface area contributed by atoms with E-state index >= 15 is 0 Å². The van der Waals surface area contributed by atoms with Crippen LogP contribution in [0.4, 0.5) is 0 Å². The lowest BCUT2D eigenvalue weighted by Gasteiger charge is -2.28. The van der Waals surface area contributed by atoms with Crippen molar-refractivity contribution in [3.8, 4) is 0 Å². The van der Waals surface area contributed by atoms with Crippen molar-refractivity contribution in [1.82, 2.24) is 0 Å². The molecule has 3 nitrogen and oxygen atoms in total. The molecular weight excluding hydrogens is 240 g/mol. The molecule has 3 heteroatoms. The highest BCUT2D eigenvalue weighted by molar-refractivity contribution is 5.13. The van der Waals surface area contributed by atoms with Gasteiger partial charge in [0.15, 0.2) is 0 Å². The maximum Gasteiger partial charge on any atom is 0.0856 e. The van der Waals surface area contributed by atoms with Crippen LogP contribution in [-0.2, 0) is 16.1 Å². The third-order valence-electron chi connectivity index (χ3n) is 3.05. The molecule has 0 aliphatic rings. The van der Waals surface area contributed by atoms with E-state index in [1.54, 1.807) is 0 Å². The second-order valence-corrected chi connectivity index (χ2v) is 6.05. The van der Waals surface area contributed by atoms with Crippen molar-refractivity contribution in [3.63, 3.8) is 0 Å². The first-order valence-electron chi connectivity index (χ1n) is 6.77. The lowest BCUT2D eigenvalue weighted by atomic mass is 10.1. The Morgan fingerprint density at radius 3 is 2.16 bits per heavy atom. The number of aliphatic hydroxyl groups excluding tert-OH is 1. The van der Waals surface area contributed by atoms with Crippen molar-refractivity contribution >= 4 is 0 Å². The molecule has 0 radical (unpaired) electrons. The van der Waals surface area contributed by atoms with Gasteiger partial charge in [0.2, 0.25) is 0 Å². The number of ether oxygens (including phenoxy) is 2. The quantitative estimate of drug-likeness (QED) is 0.785. The molecule has 0 amide bonds. The predicted molar refractivity (Wildman–Crippen MR) is 77.0 cm³/mol. The van der Waals surface area contributed by atoms with Gasteiger partial charge in [-0.1, -0.05) is 30.3 Å². The van der Waals surface area contributed by atoms with Gasteiger partial charge in [-0.05, 0) is 39.7 Å². The average molecular weight is 266 g/mol. The normalized spacial score (nSPS) is 12.7. The molecule has 0 saturated carbocycles. The fraction of sp³-hybridized carbons (Fsp3) is 0.625. The SMILES string of the molecule is CC(C)(CO)OCCC(C)(C)OCc1ccccc1. The molecular formula is C16H26O3. The molecule has 0 atom stereocenters. The van der Waals surface area contributed by atoms with Crippen LogP contribution in [0.1, 0.15) is 39.7 Å². The van der Waals surface area contributed by atoms with E-state index < -0.39 is 5.60 Å². The second kappa shape index (κ2) is 7.04. The molecule has 19 heavy (non-hydrogen) atoms. The molecule has 0 unspecified atom stereocenters. The standard InChI is InChI=1S/C16H26O3/c1-15(2,10-11-18-16(3,4)13-17)19-12-14-8-6-5-7-9-14/h5-9,17H,10-13H2,1-4H3. The second-order valence-electron chi connectivity index (χ2n) is 6.05. The van der Waals surface area contributed by atoms with Crippen molar-refractivity contribution in [2.45, 2.75) is 51.9 Å². The molecule has 108 valence electrons. The molecule has 0 bridgehead atoms. The fourth-order valence-electron chi connectivity index (χ4n) is 1.54. The molecule has 0 aliphatic carbocycles. The van der Waals surface area contributed by atoms with Crippen LogP contribution in [0.2, 0.25) is 0 Å². The van der Waals surface area contributed by atoms with Crippen LogP contribution in [0, 0.1) is 0 Å². The highest BCUT2D eigenvalue weighted by atomic mass is 16.5. The molecule has 0 fully saturated rings. The first-order valence-corrected chi connectivity index (χ1v) is 6.77. The maximum atomic E-state index is 9.12. The zero-order valence-electron chi connectivity index (χ0n) is 12.5. The summed E-state index contributed by atoms with van der Waals surface area (Å²) >= 11 is 0. The van der Waals surface area contributed by atoms with Crippen molar-refractivity contribution in [2.24, 2.45) is 0 Å². The van der Waals surface area contributed by atoms with Crippen LogP contribution in [0.15, 0.2) is 30.3 Å². The van der Waals surface area contributed by atoms with Gasteiger partial charge in [0.1, 0.15) is 0 Å². The first kappa shape index (κ1) is 16.2. The van der Waals surface area contributed by atoms with Crippen LogP contribution in [-0.4, -0.2) is 29.5 Å². The summed E-state index contributed by atoms with van der Waals surface area (Å²) in [5.41, 5.74) is 0.462. The highest BCUT2D eigenvalue weighted by Gasteiger charge is 2.22. The van der Waals surface area contributed by atoms with E-state index in [1.807, 2.05) is 32.0 Å². The topological polar surface area (TPSA) is 38.7 Å². The summed E-state index contributed by atoms with van der Waals surface area (Å²) in [7, 11) is 0. The summed E-state index contributed by atoms with van der Waals surface area (Å²) in [6.45, 7) is 9.09. The summed E-state index contributed by atoms with van der Waals surface area (Å²) in [5, 5.41) is 9.12. The van der Waals surface area contributed by atoms with Crippen molar-refractivity contribution in [1.29, 1.82) is 0 Å². The van der Waals surface area contributed by atoms with Crippen molar-refractivity contribution < 1.29 is 14.6 Å². The zero-order chi connectivity index (χ0) is 14.4. The summed E-state index contributed by atoms with van der Waals surface area (Å²) < 4.78 is 11.6. The first-order chi connectivity index (χ1) is 8.85. The third kappa shape index (κ3) is 6.71. The van der Waals surface area contributed by atoms with Gasteiger partial charge < -0.3 is 14.6 Å². The van der Waals surface area contributed by atoms with Crippen LogP contribution >= 0.6 is 0 Å². The van der Waals surface area contributed by atoms with Gasteiger partial charge in [0.05, 0.1) is 31.0 Å². The summed E-state index contributed by atoms with van der Waals surface area (Å²) in [4.78, 5) is 0. The number of benzene rings is 1.